The molecule has 98 valence electrons. The van der Waals surface area contributed by atoms with Crippen LogP contribution in [0.2, 0.25) is 0 Å². The van der Waals surface area contributed by atoms with Crippen LogP contribution in [0.3, 0.4) is 0 Å². The average molecular weight is 254 g/mol. The summed E-state index contributed by atoms with van der Waals surface area (Å²) < 4.78 is 0. The van der Waals surface area contributed by atoms with E-state index in [2.05, 4.69) is 32.0 Å². The molecule has 0 fully saturated rings. The molecule has 19 heavy (non-hydrogen) atoms. The SMILES string of the molecule is Cc1ccc(-c2cccc(C(C)C(=O)O)c2)cc1C. The Morgan fingerprint density at radius 1 is 1.00 bits per heavy atom. The number of aryl methyl sites for hydroxylation is 2. The highest BCUT2D eigenvalue weighted by Gasteiger charge is 2.13. The van der Waals surface area contributed by atoms with Crippen molar-refractivity contribution >= 4 is 5.97 Å². The van der Waals surface area contributed by atoms with Gasteiger partial charge in [-0.05, 0) is 48.6 Å². The number of hydrogen-bond acceptors (Lipinski definition) is 1. The van der Waals surface area contributed by atoms with Crippen LogP contribution in [0.4, 0.5) is 0 Å². The molecule has 0 heterocycles. The Balaban J connectivity index is 2.43. The van der Waals surface area contributed by atoms with E-state index >= 15 is 0 Å². The van der Waals surface area contributed by atoms with E-state index in [-0.39, 0.29) is 0 Å². The molecule has 1 atom stereocenters. The molecule has 2 aromatic rings. The highest BCUT2D eigenvalue weighted by atomic mass is 16.4. The minimum Gasteiger partial charge on any atom is -0.481 e. The van der Waals surface area contributed by atoms with Crippen molar-refractivity contribution in [2.45, 2.75) is 26.7 Å². The molecular formula is C17H18O2. The van der Waals surface area contributed by atoms with Gasteiger partial charge < -0.3 is 5.11 Å². The van der Waals surface area contributed by atoms with Crippen LogP contribution in [-0.2, 0) is 4.79 Å². The third-order valence-electron chi connectivity index (χ3n) is 3.60. The molecule has 0 aliphatic rings. The topological polar surface area (TPSA) is 37.3 Å². The molecule has 1 unspecified atom stereocenters. The fourth-order valence-corrected chi connectivity index (χ4v) is 2.05. The summed E-state index contributed by atoms with van der Waals surface area (Å²) in [5.41, 5.74) is 5.53. The molecule has 2 nitrogen and oxygen atoms in total. The van der Waals surface area contributed by atoms with Gasteiger partial charge in [-0.1, -0.05) is 42.5 Å². The Hall–Kier alpha value is -2.09. The van der Waals surface area contributed by atoms with Gasteiger partial charge in [0.15, 0.2) is 0 Å². The van der Waals surface area contributed by atoms with E-state index in [0.29, 0.717) is 0 Å². The summed E-state index contributed by atoms with van der Waals surface area (Å²) in [6.45, 7) is 5.88. The number of carboxylic acid groups (broad SMARTS) is 1. The lowest BCUT2D eigenvalue weighted by Crippen LogP contribution is -2.07. The van der Waals surface area contributed by atoms with Gasteiger partial charge in [0.2, 0.25) is 0 Å². The highest BCUT2D eigenvalue weighted by Crippen LogP contribution is 2.25. The van der Waals surface area contributed by atoms with Gasteiger partial charge in [-0.25, -0.2) is 0 Å². The quantitative estimate of drug-likeness (QED) is 0.893. The Labute approximate surface area is 113 Å². The predicted molar refractivity (Wildman–Crippen MR) is 77.4 cm³/mol. The lowest BCUT2D eigenvalue weighted by molar-refractivity contribution is -0.138. The maximum atomic E-state index is 11.0. The first kappa shape index (κ1) is 13.3. The van der Waals surface area contributed by atoms with Crippen molar-refractivity contribution in [1.82, 2.24) is 0 Å². The summed E-state index contributed by atoms with van der Waals surface area (Å²) >= 11 is 0. The van der Waals surface area contributed by atoms with Crippen molar-refractivity contribution in [3.05, 3.63) is 59.2 Å². The summed E-state index contributed by atoms with van der Waals surface area (Å²) in [6, 6.07) is 14.1. The summed E-state index contributed by atoms with van der Waals surface area (Å²) in [6.07, 6.45) is 0. The second-order valence-corrected chi connectivity index (χ2v) is 4.98. The van der Waals surface area contributed by atoms with Crippen molar-refractivity contribution in [3.63, 3.8) is 0 Å². The van der Waals surface area contributed by atoms with Crippen LogP contribution in [0, 0.1) is 13.8 Å². The maximum absolute atomic E-state index is 11.0. The fraction of sp³-hybridized carbons (Fsp3) is 0.235. The van der Waals surface area contributed by atoms with Crippen molar-refractivity contribution in [2.24, 2.45) is 0 Å². The van der Waals surface area contributed by atoms with E-state index < -0.39 is 11.9 Å². The molecule has 2 heteroatoms. The number of aliphatic carboxylic acids is 1. The molecule has 2 aromatic carbocycles. The first-order valence-electron chi connectivity index (χ1n) is 6.39. The Bertz CT molecular complexity index is 614. The van der Waals surface area contributed by atoms with Gasteiger partial charge in [0.25, 0.3) is 0 Å². The van der Waals surface area contributed by atoms with Crippen LogP contribution in [0.5, 0.6) is 0 Å². The summed E-state index contributed by atoms with van der Waals surface area (Å²) in [4.78, 5) is 11.0. The fourth-order valence-electron chi connectivity index (χ4n) is 2.05. The Morgan fingerprint density at radius 2 is 1.68 bits per heavy atom. The van der Waals surface area contributed by atoms with E-state index in [9.17, 15) is 4.79 Å². The zero-order valence-corrected chi connectivity index (χ0v) is 11.5. The molecular weight excluding hydrogens is 236 g/mol. The van der Waals surface area contributed by atoms with E-state index in [1.807, 2.05) is 24.3 Å². The molecule has 0 amide bonds. The highest BCUT2D eigenvalue weighted by molar-refractivity contribution is 5.77. The standard InChI is InChI=1S/C17H18O2/c1-11-7-8-16(9-12(11)2)15-6-4-5-14(10-15)13(3)17(18)19/h4-10,13H,1-3H3,(H,18,19). The second-order valence-electron chi connectivity index (χ2n) is 4.98. The van der Waals surface area contributed by atoms with Gasteiger partial charge >= 0.3 is 5.97 Å². The number of benzene rings is 2. The molecule has 1 N–H and O–H groups in total. The Kier molecular flexibility index (Phi) is 3.70. The van der Waals surface area contributed by atoms with Crippen molar-refractivity contribution in [1.29, 1.82) is 0 Å². The van der Waals surface area contributed by atoms with E-state index in [1.165, 1.54) is 11.1 Å². The zero-order chi connectivity index (χ0) is 14.0. The van der Waals surface area contributed by atoms with Crippen LogP contribution in [0.15, 0.2) is 42.5 Å². The maximum Gasteiger partial charge on any atom is 0.310 e. The number of rotatable bonds is 3. The van der Waals surface area contributed by atoms with Crippen LogP contribution < -0.4 is 0 Å². The van der Waals surface area contributed by atoms with E-state index in [4.69, 9.17) is 5.11 Å². The minimum absolute atomic E-state index is 0.480. The van der Waals surface area contributed by atoms with Crippen molar-refractivity contribution in [2.75, 3.05) is 0 Å². The second kappa shape index (κ2) is 5.27. The molecule has 0 spiro atoms. The summed E-state index contributed by atoms with van der Waals surface area (Å²) in [5, 5.41) is 9.08. The average Bonchev–Trinajstić information content (AvgIpc) is 2.41. The van der Waals surface area contributed by atoms with Crippen LogP contribution >= 0.6 is 0 Å². The van der Waals surface area contributed by atoms with Gasteiger partial charge in [0.05, 0.1) is 5.92 Å². The molecule has 0 radical (unpaired) electrons. The third-order valence-corrected chi connectivity index (χ3v) is 3.60. The third kappa shape index (κ3) is 2.84. The van der Waals surface area contributed by atoms with E-state index in [0.717, 1.165) is 16.7 Å². The molecule has 0 aliphatic heterocycles. The first-order valence-corrected chi connectivity index (χ1v) is 6.39. The molecule has 0 aliphatic carbocycles. The summed E-state index contributed by atoms with van der Waals surface area (Å²) in [5.74, 6) is -1.27. The number of carboxylic acids is 1. The normalized spacial score (nSPS) is 12.2. The molecule has 0 saturated carbocycles. The Morgan fingerprint density at radius 3 is 2.32 bits per heavy atom. The van der Waals surface area contributed by atoms with Gasteiger partial charge in [-0.3, -0.25) is 4.79 Å². The molecule has 0 aromatic heterocycles. The number of hydrogen-bond donors (Lipinski definition) is 1. The monoisotopic (exact) mass is 254 g/mol. The molecule has 0 saturated heterocycles. The molecule has 0 bridgehead atoms. The predicted octanol–water partition coefficient (Wildman–Crippen LogP) is 4.16. The number of carbonyl (C=O) groups is 1. The minimum atomic E-state index is -0.794. The lowest BCUT2D eigenvalue weighted by atomic mass is 9.95. The van der Waals surface area contributed by atoms with Gasteiger partial charge in [-0.2, -0.15) is 0 Å². The zero-order valence-electron chi connectivity index (χ0n) is 11.5. The van der Waals surface area contributed by atoms with E-state index in [1.54, 1.807) is 6.92 Å². The van der Waals surface area contributed by atoms with Crippen molar-refractivity contribution < 1.29 is 9.90 Å². The van der Waals surface area contributed by atoms with Crippen molar-refractivity contribution in [3.8, 4) is 11.1 Å². The molecule has 2 rings (SSSR count). The van der Waals surface area contributed by atoms with Crippen LogP contribution in [-0.4, -0.2) is 11.1 Å². The lowest BCUT2D eigenvalue weighted by Gasteiger charge is -2.10. The largest absolute Gasteiger partial charge is 0.481 e. The van der Waals surface area contributed by atoms with Gasteiger partial charge in [0.1, 0.15) is 0 Å². The first-order chi connectivity index (χ1) is 8.99. The summed E-state index contributed by atoms with van der Waals surface area (Å²) in [7, 11) is 0. The van der Waals surface area contributed by atoms with Gasteiger partial charge in [-0.15, -0.1) is 0 Å². The smallest absolute Gasteiger partial charge is 0.310 e. The van der Waals surface area contributed by atoms with Crippen LogP contribution in [0.1, 0.15) is 29.5 Å². The van der Waals surface area contributed by atoms with Crippen LogP contribution in [0.25, 0.3) is 11.1 Å². The van der Waals surface area contributed by atoms with Gasteiger partial charge in [0, 0.05) is 0 Å².